The fourth-order valence-electron chi connectivity index (χ4n) is 2.05. The lowest BCUT2D eigenvalue weighted by Gasteiger charge is -1.99. The number of hydrogen-bond donors (Lipinski definition) is 0. The molecule has 0 bridgehead atoms. The van der Waals surface area contributed by atoms with Gasteiger partial charge in [-0.1, -0.05) is 67.1 Å². The van der Waals surface area contributed by atoms with E-state index in [1.54, 1.807) is 12.4 Å². The Morgan fingerprint density at radius 1 is 0.826 bits per heavy atom. The summed E-state index contributed by atoms with van der Waals surface area (Å²) in [6.45, 7) is 2.15. The first kappa shape index (κ1) is 17.2. The molecule has 0 saturated carbocycles. The first-order valence-electron chi connectivity index (χ1n) is 7.84. The van der Waals surface area contributed by atoms with Crippen LogP contribution >= 0.6 is 11.6 Å². The summed E-state index contributed by atoms with van der Waals surface area (Å²) in [5.41, 5.74) is 3.36. The molecule has 3 heteroatoms. The van der Waals surface area contributed by atoms with Crippen molar-refractivity contribution in [2.75, 3.05) is 0 Å². The maximum Gasteiger partial charge on any atom is 0.0568 e. The molecule has 0 radical (unpaired) electrons. The Kier molecular flexibility index (Phi) is 7.28. The van der Waals surface area contributed by atoms with Crippen LogP contribution in [0.15, 0.2) is 70.9 Å². The van der Waals surface area contributed by atoms with Gasteiger partial charge in [0.25, 0.3) is 0 Å². The molecule has 0 aromatic heterocycles. The van der Waals surface area contributed by atoms with Gasteiger partial charge in [-0.3, -0.25) is 0 Å². The number of aryl methyl sites for hydroxylation is 1. The first-order valence-corrected chi connectivity index (χ1v) is 8.21. The Labute approximate surface area is 143 Å². The van der Waals surface area contributed by atoms with Gasteiger partial charge in [0.2, 0.25) is 0 Å². The third-order valence-electron chi connectivity index (χ3n) is 3.33. The van der Waals surface area contributed by atoms with Gasteiger partial charge in [0.05, 0.1) is 12.4 Å². The molecular weight excluding hydrogens is 304 g/mol. The molecule has 118 valence electrons. The van der Waals surface area contributed by atoms with Crippen LogP contribution in [0.3, 0.4) is 0 Å². The molecule has 2 rings (SSSR count). The van der Waals surface area contributed by atoms with Crippen molar-refractivity contribution >= 4 is 24.0 Å². The van der Waals surface area contributed by atoms with E-state index in [4.69, 9.17) is 11.6 Å². The van der Waals surface area contributed by atoms with Crippen LogP contribution in [0.5, 0.6) is 0 Å². The first-order chi connectivity index (χ1) is 11.3. The Balaban J connectivity index is 1.85. The third-order valence-corrected chi connectivity index (χ3v) is 3.58. The average molecular weight is 325 g/mol. The van der Waals surface area contributed by atoms with Gasteiger partial charge in [0.1, 0.15) is 0 Å². The number of nitrogens with zero attached hydrogens (tertiary/aromatic N) is 2. The largest absolute Gasteiger partial charge is 0.159 e. The maximum absolute atomic E-state index is 5.84. The van der Waals surface area contributed by atoms with E-state index in [0.717, 1.165) is 35.4 Å². The van der Waals surface area contributed by atoms with Crippen molar-refractivity contribution < 1.29 is 0 Å². The standard InChI is InChI=1S/C20H21ClN2/c1-2-3-4-5-6-17-7-9-18(10-8-17)15-22-23-16-19-11-13-20(21)14-12-19/h3-4,7-16H,2,5-6H2,1H3/b4-3+,22-15+,23-16+. The number of rotatable bonds is 7. The molecular formula is C20H21ClN2. The molecule has 0 N–H and O–H groups in total. The lowest BCUT2D eigenvalue weighted by atomic mass is 10.1. The fourth-order valence-corrected chi connectivity index (χ4v) is 2.18. The highest BCUT2D eigenvalue weighted by Gasteiger charge is 1.92. The maximum atomic E-state index is 5.84. The third kappa shape index (κ3) is 6.62. The van der Waals surface area contributed by atoms with Crippen molar-refractivity contribution in [1.29, 1.82) is 0 Å². The van der Waals surface area contributed by atoms with Crippen molar-refractivity contribution in [2.45, 2.75) is 26.2 Å². The van der Waals surface area contributed by atoms with E-state index >= 15 is 0 Å². The summed E-state index contributed by atoms with van der Waals surface area (Å²) >= 11 is 5.84. The molecule has 0 amide bonds. The monoisotopic (exact) mass is 324 g/mol. The van der Waals surface area contributed by atoms with Crippen molar-refractivity contribution in [3.8, 4) is 0 Å². The van der Waals surface area contributed by atoms with Crippen molar-refractivity contribution in [2.24, 2.45) is 10.2 Å². The van der Waals surface area contributed by atoms with E-state index in [2.05, 4.69) is 53.5 Å². The topological polar surface area (TPSA) is 24.7 Å². The van der Waals surface area contributed by atoms with Crippen LogP contribution in [0.2, 0.25) is 5.02 Å². The minimum absolute atomic E-state index is 0.718. The van der Waals surface area contributed by atoms with Gasteiger partial charge in [0.15, 0.2) is 0 Å². The Morgan fingerprint density at radius 3 is 1.96 bits per heavy atom. The van der Waals surface area contributed by atoms with E-state index in [9.17, 15) is 0 Å². The minimum atomic E-state index is 0.718. The Morgan fingerprint density at radius 2 is 1.39 bits per heavy atom. The molecule has 0 heterocycles. The SMILES string of the molecule is CC/C=C/CCc1ccc(/C=N/N=C/c2ccc(Cl)cc2)cc1. The molecule has 0 saturated heterocycles. The van der Waals surface area contributed by atoms with Gasteiger partial charge in [-0.25, -0.2) is 0 Å². The highest BCUT2D eigenvalue weighted by Crippen LogP contribution is 2.08. The summed E-state index contributed by atoms with van der Waals surface area (Å²) in [6, 6.07) is 15.9. The highest BCUT2D eigenvalue weighted by molar-refractivity contribution is 6.30. The Bertz CT molecular complexity index is 668. The molecule has 0 atom stereocenters. The molecule has 0 aliphatic carbocycles. The predicted molar refractivity (Wildman–Crippen MR) is 101 cm³/mol. The zero-order chi connectivity index (χ0) is 16.3. The van der Waals surface area contributed by atoms with Gasteiger partial charge in [-0.05, 0) is 48.1 Å². The fraction of sp³-hybridized carbons (Fsp3) is 0.200. The molecule has 0 spiro atoms. The second kappa shape index (κ2) is 9.75. The smallest absolute Gasteiger partial charge is 0.0568 e. The van der Waals surface area contributed by atoms with Crippen molar-refractivity contribution in [1.82, 2.24) is 0 Å². The van der Waals surface area contributed by atoms with Gasteiger partial charge in [0, 0.05) is 5.02 Å². The highest BCUT2D eigenvalue weighted by atomic mass is 35.5. The molecule has 0 fully saturated rings. The summed E-state index contributed by atoms with van der Waals surface area (Å²) in [6.07, 6.45) is 11.2. The van der Waals surface area contributed by atoms with E-state index in [1.165, 1.54) is 5.56 Å². The molecule has 2 aromatic rings. The predicted octanol–water partition coefficient (Wildman–Crippen LogP) is 5.69. The van der Waals surface area contributed by atoms with Crippen molar-refractivity contribution in [3.05, 3.63) is 82.4 Å². The molecule has 0 aliphatic rings. The van der Waals surface area contributed by atoms with Crippen LogP contribution in [-0.4, -0.2) is 12.4 Å². The van der Waals surface area contributed by atoms with Crippen LogP contribution in [0, 0.1) is 0 Å². The lowest BCUT2D eigenvalue weighted by molar-refractivity contribution is 0.992. The van der Waals surface area contributed by atoms with Gasteiger partial charge in [-0.2, -0.15) is 10.2 Å². The summed E-state index contributed by atoms with van der Waals surface area (Å²) in [4.78, 5) is 0. The van der Waals surface area contributed by atoms with E-state index in [1.807, 2.05) is 24.3 Å². The lowest BCUT2D eigenvalue weighted by Crippen LogP contribution is -1.86. The average Bonchev–Trinajstić information content (AvgIpc) is 2.58. The Hall–Kier alpha value is -2.19. The number of allylic oxidation sites excluding steroid dienone is 2. The van der Waals surface area contributed by atoms with Gasteiger partial charge in [-0.15, -0.1) is 0 Å². The molecule has 0 aliphatic heterocycles. The number of hydrogen-bond acceptors (Lipinski definition) is 2. The summed E-state index contributed by atoms with van der Waals surface area (Å²) in [5.74, 6) is 0. The second-order valence-electron chi connectivity index (χ2n) is 5.20. The molecule has 2 aromatic carbocycles. The minimum Gasteiger partial charge on any atom is -0.159 e. The van der Waals surface area contributed by atoms with Crippen LogP contribution in [0.25, 0.3) is 0 Å². The van der Waals surface area contributed by atoms with Crippen molar-refractivity contribution in [3.63, 3.8) is 0 Å². The van der Waals surface area contributed by atoms with Crippen LogP contribution in [-0.2, 0) is 6.42 Å². The zero-order valence-electron chi connectivity index (χ0n) is 13.3. The summed E-state index contributed by atoms with van der Waals surface area (Å²) in [5, 5.41) is 8.85. The zero-order valence-corrected chi connectivity index (χ0v) is 14.1. The van der Waals surface area contributed by atoms with Crippen LogP contribution in [0.1, 0.15) is 36.5 Å². The van der Waals surface area contributed by atoms with Crippen LogP contribution < -0.4 is 0 Å². The number of benzene rings is 2. The molecule has 0 unspecified atom stereocenters. The molecule has 2 nitrogen and oxygen atoms in total. The van der Waals surface area contributed by atoms with E-state index < -0.39 is 0 Å². The van der Waals surface area contributed by atoms with Crippen LogP contribution in [0.4, 0.5) is 0 Å². The van der Waals surface area contributed by atoms with Gasteiger partial charge >= 0.3 is 0 Å². The molecule has 23 heavy (non-hydrogen) atoms. The van der Waals surface area contributed by atoms with E-state index in [-0.39, 0.29) is 0 Å². The quantitative estimate of drug-likeness (QED) is 0.355. The summed E-state index contributed by atoms with van der Waals surface area (Å²) < 4.78 is 0. The van der Waals surface area contributed by atoms with E-state index in [0.29, 0.717) is 0 Å². The summed E-state index contributed by atoms with van der Waals surface area (Å²) in [7, 11) is 0. The normalized spacial score (nSPS) is 11.9. The second-order valence-corrected chi connectivity index (χ2v) is 5.64. The number of halogens is 1. The van der Waals surface area contributed by atoms with Gasteiger partial charge < -0.3 is 0 Å².